The average molecular weight is 707 g/mol. The van der Waals surface area contributed by atoms with Gasteiger partial charge in [0.25, 0.3) is 0 Å². The van der Waals surface area contributed by atoms with Gasteiger partial charge in [0, 0.05) is 32.4 Å². The second kappa shape index (κ2) is 21.0. The van der Waals surface area contributed by atoms with Gasteiger partial charge in [-0.3, -0.25) is 9.59 Å². The third-order valence-corrected chi connectivity index (χ3v) is 11.3. The van der Waals surface area contributed by atoms with E-state index in [0.717, 1.165) is 76.2 Å². The van der Waals surface area contributed by atoms with Crippen LogP contribution >= 0.6 is 0 Å². The number of amides is 2. The number of allylic oxidation sites excluding steroid dienone is 2. The number of hydrogen-bond acceptors (Lipinski definition) is 8. The fourth-order valence-electron chi connectivity index (χ4n) is 7.62. The monoisotopic (exact) mass is 707 g/mol. The van der Waals surface area contributed by atoms with Gasteiger partial charge in [0.2, 0.25) is 11.8 Å². The molecular formula is C40H70N2O8. The number of aliphatic hydroxyl groups excluding tert-OH is 3. The topological polar surface area (TPSA) is 147 Å². The molecule has 0 saturated carbocycles. The van der Waals surface area contributed by atoms with Crippen LogP contribution in [0, 0.1) is 23.7 Å². The van der Waals surface area contributed by atoms with Crippen molar-refractivity contribution in [2.24, 2.45) is 23.7 Å². The number of carbonyl (C=O) groups excluding carboxylic acids is 2. The smallest absolute Gasteiger partial charge is 0.225 e. The van der Waals surface area contributed by atoms with Gasteiger partial charge in [-0.25, -0.2) is 0 Å². The van der Waals surface area contributed by atoms with E-state index < -0.39 is 30.0 Å². The molecule has 10 nitrogen and oxygen atoms in total. The Bertz CT molecular complexity index is 1100. The Balaban J connectivity index is 1.36. The molecule has 50 heavy (non-hydrogen) atoms. The first-order valence-corrected chi connectivity index (χ1v) is 19.6. The number of hydrogen-bond donors (Lipinski definition) is 5. The lowest BCUT2D eigenvalue weighted by atomic mass is 9.85. The zero-order valence-electron chi connectivity index (χ0n) is 32.1. The first-order valence-electron chi connectivity index (χ1n) is 19.6. The van der Waals surface area contributed by atoms with Crippen LogP contribution in [0.4, 0.5) is 0 Å². The normalized spacial score (nSPS) is 32.3. The van der Waals surface area contributed by atoms with Crippen LogP contribution in [0.1, 0.15) is 132 Å². The highest BCUT2D eigenvalue weighted by molar-refractivity contribution is 5.79. The molecule has 3 aliphatic heterocycles. The highest BCUT2D eigenvalue weighted by Gasteiger charge is 2.44. The summed E-state index contributed by atoms with van der Waals surface area (Å²) in [5, 5.41) is 36.3. The Morgan fingerprint density at radius 3 is 2.38 bits per heavy atom. The van der Waals surface area contributed by atoms with Gasteiger partial charge in [0.05, 0.1) is 55.1 Å². The molecule has 12 unspecified atom stereocenters. The molecule has 12 atom stereocenters. The molecule has 288 valence electrons. The highest BCUT2D eigenvalue weighted by atomic mass is 16.7. The SMILES string of the molecule is C/C=C/C(O)CC1CCC(C)C(CC(=O)NCC(O)C(C)C(=O)NCCCC2OC3(CCCC(CCC(C)/C=C(\C)C(C)O)O3)CCC2C)O1. The van der Waals surface area contributed by atoms with Crippen LogP contribution in [0.3, 0.4) is 0 Å². The molecular weight excluding hydrogens is 636 g/mol. The molecule has 0 radical (unpaired) electrons. The van der Waals surface area contributed by atoms with Crippen LogP contribution < -0.4 is 10.6 Å². The number of rotatable bonds is 18. The Morgan fingerprint density at radius 1 is 0.920 bits per heavy atom. The predicted octanol–water partition coefficient (Wildman–Crippen LogP) is 5.72. The average Bonchev–Trinajstić information content (AvgIpc) is 3.07. The zero-order valence-corrected chi connectivity index (χ0v) is 32.1. The molecule has 0 aliphatic carbocycles. The Kier molecular flexibility index (Phi) is 17.9. The van der Waals surface area contributed by atoms with Crippen molar-refractivity contribution in [1.82, 2.24) is 10.6 Å². The molecule has 3 aliphatic rings. The number of aliphatic hydroxyl groups is 3. The summed E-state index contributed by atoms with van der Waals surface area (Å²) in [5.74, 6) is -0.623. The molecule has 0 aromatic rings. The number of nitrogens with one attached hydrogen (secondary N) is 2. The highest BCUT2D eigenvalue weighted by Crippen LogP contribution is 2.43. The molecule has 3 heterocycles. The third kappa shape index (κ3) is 14.0. The van der Waals surface area contributed by atoms with Gasteiger partial charge in [-0.15, -0.1) is 0 Å². The lowest BCUT2D eigenvalue weighted by molar-refractivity contribution is -0.324. The van der Waals surface area contributed by atoms with Gasteiger partial charge in [0.15, 0.2) is 5.79 Å². The maximum absolute atomic E-state index is 12.9. The van der Waals surface area contributed by atoms with E-state index in [-0.39, 0.29) is 55.1 Å². The lowest BCUT2D eigenvalue weighted by Gasteiger charge is -2.48. The summed E-state index contributed by atoms with van der Waals surface area (Å²) in [6, 6.07) is 0. The van der Waals surface area contributed by atoms with Crippen LogP contribution in [0.25, 0.3) is 0 Å². The maximum atomic E-state index is 12.9. The largest absolute Gasteiger partial charge is 0.390 e. The molecule has 3 saturated heterocycles. The molecule has 0 aromatic carbocycles. The van der Waals surface area contributed by atoms with Crippen molar-refractivity contribution in [2.75, 3.05) is 13.1 Å². The summed E-state index contributed by atoms with van der Waals surface area (Å²) in [6.45, 7) is 14.3. The van der Waals surface area contributed by atoms with E-state index in [0.29, 0.717) is 24.8 Å². The summed E-state index contributed by atoms with van der Waals surface area (Å²) < 4.78 is 19.5. The molecule has 3 rings (SSSR count). The summed E-state index contributed by atoms with van der Waals surface area (Å²) in [5.41, 5.74) is 1.01. The van der Waals surface area contributed by atoms with Gasteiger partial charge in [0.1, 0.15) is 0 Å². The van der Waals surface area contributed by atoms with Crippen LogP contribution in [0.2, 0.25) is 0 Å². The van der Waals surface area contributed by atoms with Gasteiger partial charge >= 0.3 is 0 Å². The van der Waals surface area contributed by atoms with E-state index in [2.05, 4.69) is 37.5 Å². The minimum atomic E-state index is -1.01. The van der Waals surface area contributed by atoms with Crippen LogP contribution in [0.5, 0.6) is 0 Å². The van der Waals surface area contributed by atoms with E-state index in [1.54, 1.807) is 19.9 Å². The van der Waals surface area contributed by atoms with Crippen molar-refractivity contribution >= 4 is 11.8 Å². The first kappa shape index (κ1) is 42.6. The summed E-state index contributed by atoms with van der Waals surface area (Å²) in [6.07, 6.45) is 14.7. The fraction of sp³-hybridized carbons (Fsp3) is 0.850. The molecule has 0 bridgehead atoms. The van der Waals surface area contributed by atoms with Crippen LogP contribution in [-0.2, 0) is 23.8 Å². The minimum absolute atomic E-state index is 0.00835. The standard InChI is InChI=1S/C40H70N2O8/c1-8-11-32(44)23-34-17-15-27(3)37(48-34)24-38(46)42-25-35(45)30(6)39(47)41-21-10-13-36-28(4)18-20-40(50-36)19-9-12-33(49-40)16-14-26(2)22-29(5)31(7)43/h8,11,22,26-28,30-37,43-45H,9-10,12-21,23-25H2,1-7H3,(H,41,47)(H,42,46)/b11-8+,29-22+. The maximum Gasteiger partial charge on any atom is 0.225 e. The van der Waals surface area contributed by atoms with E-state index in [1.165, 1.54) is 0 Å². The first-order chi connectivity index (χ1) is 23.7. The second-order valence-corrected chi connectivity index (χ2v) is 15.8. The Hall–Kier alpha value is -1.82. The van der Waals surface area contributed by atoms with Gasteiger partial charge < -0.3 is 40.2 Å². The minimum Gasteiger partial charge on any atom is -0.390 e. The zero-order chi connectivity index (χ0) is 36.8. The summed E-state index contributed by atoms with van der Waals surface area (Å²) in [4.78, 5) is 25.6. The van der Waals surface area contributed by atoms with Crippen molar-refractivity contribution < 1.29 is 39.1 Å². The van der Waals surface area contributed by atoms with E-state index in [4.69, 9.17) is 14.2 Å². The van der Waals surface area contributed by atoms with Gasteiger partial charge in [-0.1, -0.05) is 45.9 Å². The van der Waals surface area contributed by atoms with Crippen molar-refractivity contribution in [3.8, 4) is 0 Å². The summed E-state index contributed by atoms with van der Waals surface area (Å²) >= 11 is 0. The van der Waals surface area contributed by atoms with E-state index >= 15 is 0 Å². The van der Waals surface area contributed by atoms with Crippen LogP contribution in [-0.4, -0.2) is 88.7 Å². The quantitative estimate of drug-likeness (QED) is 0.0899. The Morgan fingerprint density at radius 2 is 1.66 bits per heavy atom. The fourth-order valence-corrected chi connectivity index (χ4v) is 7.62. The van der Waals surface area contributed by atoms with Crippen molar-refractivity contribution in [2.45, 2.75) is 180 Å². The molecule has 5 N–H and O–H groups in total. The molecule has 0 aromatic heterocycles. The predicted molar refractivity (Wildman–Crippen MR) is 196 cm³/mol. The van der Waals surface area contributed by atoms with Crippen molar-refractivity contribution in [3.05, 3.63) is 23.8 Å². The van der Waals surface area contributed by atoms with E-state index in [9.17, 15) is 24.9 Å². The van der Waals surface area contributed by atoms with Gasteiger partial charge in [-0.05, 0) is 102 Å². The molecule has 3 fully saturated rings. The van der Waals surface area contributed by atoms with Crippen molar-refractivity contribution in [1.29, 1.82) is 0 Å². The van der Waals surface area contributed by atoms with Crippen molar-refractivity contribution in [3.63, 3.8) is 0 Å². The lowest BCUT2D eigenvalue weighted by Crippen LogP contribution is -2.50. The second-order valence-electron chi connectivity index (χ2n) is 15.8. The number of ether oxygens (including phenoxy) is 3. The van der Waals surface area contributed by atoms with E-state index in [1.807, 2.05) is 19.9 Å². The molecule has 10 heteroatoms. The molecule has 1 spiro atoms. The molecule has 2 amide bonds. The number of carbonyl (C=O) groups is 2. The van der Waals surface area contributed by atoms with Crippen LogP contribution in [0.15, 0.2) is 23.8 Å². The Labute approximate surface area is 302 Å². The summed E-state index contributed by atoms with van der Waals surface area (Å²) in [7, 11) is 0. The third-order valence-electron chi connectivity index (χ3n) is 11.3. The van der Waals surface area contributed by atoms with Gasteiger partial charge in [-0.2, -0.15) is 0 Å².